The molecule has 1 fully saturated rings. The van der Waals surface area contributed by atoms with Crippen LogP contribution in [0.5, 0.6) is 0 Å². The first-order valence-corrected chi connectivity index (χ1v) is 5.52. The lowest BCUT2D eigenvalue weighted by Crippen LogP contribution is -2.44. The molecule has 0 bridgehead atoms. The van der Waals surface area contributed by atoms with Gasteiger partial charge in [-0.3, -0.25) is 4.98 Å². The summed E-state index contributed by atoms with van der Waals surface area (Å²) < 4.78 is 26.2. The minimum atomic E-state index is -2.55. The van der Waals surface area contributed by atoms with E-state index in [9.17, 15) is 8.78 Å². The van der Waals surface area contributed by atoms with Crippen LogP contribution >= 0.6 is 0 Å². The summed E-state index contributed by atoms with van der Waals surface area (Å²) in [6, 6.07) is 3.75. The van der Waals surface area contributed by atoms with E-state index in [1.807, 2.05) is 19.1 Å². The van der Waals surface area contributed by atoms with Crippen molar-refractivity contribution in [1.82, 2.24) is 4.98 Å². The number of alkyl halides is 2. The van der Waals surface area contributed by atoms with Crippen LogP contribution in [0.4, 0.5) is 8.78 Å². The molecule has 0 radical (unpaired) electrons. The van der Waals surface area contributed by atoms with Gasteiger partial charge >= 0.3 is 0 Å². The zero-order valence-corrected chi connectivity index (χ0v) is 9.34. The monoisotopic (exact) mass is 226 g/mol. The van der Waals surface area contributed by atoms with Crippen LogP contribution < -0.4 is 5.73 Å². The van der Waals surface area contributed by atoms with Crippen molar-refractivity contribution >= 4 is 0 Å². The van der Waals surface area contributed by atoms with Gasteiger partial charge in [-0.15, -0.1) is 0 Å². The second kappa shape index (κ2) is 3.77. The van der Waals surface area contributed by atoms with Crippen molar-refractivity contribution in [3.8, 4) is 0 Å². The predicted octanol–water partition coefficient (Wildman–Crippen LogP) is 2.75. The second-order valence-electron chi connectivity index (χ2n) is 4.68. The standard InChI is InChI=1S/C12H16F2N2/c1-9-3-2-8-16-10(9)11(15)4-6-12(13,14)7-5-11/h2-3,8H,4-7,15H2,1H3. The third-order valence-electron chi connectivity index (χ3n) is 3.35. The van der Waals surface area contributed by atoms with E-state index >= 15 is 0 Å². The Morgan fingerprint density at radius 1 is 1.25 bits per heavy atom. The van der Waals surface area contributed by atoms with Crippen molar-refractivity contribution < 1.29 is 8.78 Å². The van der Waals surface area contributed by atoms with Gasteiger partial charge in [0.25, 0.3) is 0 Å². The van der Waals surface area contributed by atoms with Gasteiger partial charge in [-0.25, -0.2) is 8.78 Å². The Morgan fingerprint density at radius 3 is 2.44 bits per heavy atom. The molecule has 88 valence electrons. The average molecular weight is 226 g/mol. The van der Waals surface area contributed by atoms with Crippen LogP contribution in [0.15, 0.2) is 18.3 Å². The number of aromatic nitrogens is 1. The fourth-order valence-electron chi connectivity index (χ4n) is 2.31. The molecule has 2 N–H and O–H groups in total. The molecule has 4 heteroatoms. The van der Waals surface area contributed by atoms with Crippen molar-refractivity contribution in [2.45, 2.75) is 44.1 Å². The summed E-state index contributed by atoms with van der Waals surface area (Å²) in [7, 11) is 0. The molecule has 0 aliphatic heterocycles. The van der Waals surface area contributed by atoms with Crippen LogP contribution in [0.2, 0.25) is 0 Å². The summed E-state index contributed by atoms with van der Waals surface area (Å²) in [5.41, 5.74) is 7.28. The van der Waals surface area contributed by atoms with Crippen molar-refractivity contribution in [3.63, 3.8) is 0 Å². The molecule has 1 aliphatic carbocycles. The van der Waals surface area contributed by atoms with Crippen molar-refractivity contribution in [3.05, 3.63) is 29.6 Å². The molecule has 2 rings (SSSR count). The molecule has 0 amide bonds. The van der Waals surface area contributed by atoms with Gasteiger partial charge in [-0.2, -0.15) is 0 Å². The third kappa shape index (κ3) is 2.07. The zero-order chi connectivity index (χ0) is 11.8. The molecule has 1 aromatic rings. The van der Waals surface area contributed by atoms with Crippen LogP contribution in [0, 0.1) is 6.92 Å². The van der Waals surface area contributed by atoms with Gasteiger partial charge in [0.15, 0.2) is 0 Å². The number of aryl methyl sites for hydroxylation is 1. The number of rotatable bonds is 1. The van der Waals surface area contributed by atoms with Crippen LogP contribution in [-0.2, 0) is 5.54 Å². The summed E-state index contributed by atoms with van der Waals surface area (Å²) in [5.74, 6) is -2.55. The Morgan fingerprint density at radius 2 is 1.88 bits per heavy atom. The fourth-order valence-corrected chi connectivity index (χ4v) is 2.31. The minimum Gasteiger partial charge on any atom is -0.320 e. The van der Waals surface area contributed by atoms with Gasteiger partial charge in [0, 0.05) is 19.0 Å². The fraction of sp³-hybridized carbons (Fsp3) is 0.583. The highest BCUT2D eigenvalue weighted by Crippen LogP contribution is 2.42. The molecular weight excluding hydrogens is 210 g/mol. The molecule has 16 heavy (non-hydrogen) atoms. The Balaban J connectivity index is 2.25. The largest absolute Gasteiger partial charge is 0.320 e. The van der Waals surface area contributed by atoms with Gasteiger partial charge < -0.3 is 5.73 Å². The van der Waals surface area contributed by atoms with Gasteiger partial charge in [-0.05, 0) is 31.4 Å². The first kappa shape index (κ1) is 11.5. The van der Waals surface area contributed by atoms with E-state index in [2.05, 4.69) is 4.98 Å². The van der Waals surface area contributed by atoms with E-state index in [-0.39, 0.29) is 12.8 Å². The summed E-state index contributed by atoms with van der Waals surface area (Å²) in [6.45, 7) is 1.92. The highest BCUT2D eigenvalue weighted by molar-refractivity contribution is 5.26. The predicted molar refractivity (Wildman–Crippen MR) is 58.3 cm³/mol. The third-order valence-corrected chi connectivity index (χ3v) is 3.35. The SMILES string of the molecule is Cc1cccnc1C1(N)CCC(F)(F)CC1. The topological polar surface area (TPSA) is 38.9 Å². The molecule has 0 aromatic carbocycles. The quantitative estimate of drug-likeness (QED) is 0.799. The Labute approximate surface area is 93.9 Å². The van der Waals surface area contributed by atoms with Crippen molar-refractivity contribution in [2.24, 2.45) is 5.73 Å². The molecular formula is C12H16F2N2. The lowest BCUT2D eigenvalue weighted by atomic mass is 9.77. The average Bonchev–Trinajstić information content (AvgIpc) is 2.24. The molecule has 0 unspecified atom stereocenters. The van der Waals surface area contributed by atoms with Crippen LogP contribution in [0.3, 0.4) is 0 Å². The lowest BCUT2D eigenvalue weighted by molar-refractivity contribution is -0.0520. The molecule has 1 aromatic heterocycles. The van der Waals surface area contributed by atoms with Crippen LogP contribution in [-0.4, -0.2) is 10.9 Å². The molecule has 0 spiro atoms. The minimum absolute atomic E-state index is 0.139. The second-order valence-corrected chi connectivity index (χ2v) is 4.68. The Bertz CT molecular complexity index is 380. The van der Waals surface area contributed by atoms with E-state index in [4.69, 9.17) is 5.73 Å². The van der Waals surface area contributed by atoms with Crippen LogP contribution in [0.25, 0.3) is 0 Å². The van der Waals surface area contributed by atoms with E-state index < -0.39 is 11.5 Å². The van der Waals surface area contributed by atoms with Crippen LogP contribution in [0.1, 0.15) is 36.9 Å². The van der Waals surface area contributed by atoms with Gasteiger partial charge in [0.2, 0.25) is 5.92 Å². The highest BCUT2D eigenvalue weighted by atomic mass is 19.3. The van der Waals surface area contributed by atoms with E-state index in [0.717, 1.165) is 11.3 Å². The van der Waals surface area contributed by atoms with Crippen molar-refractivity contribution in [2.75, 3.05) is 0 Å². The molecule has 0 atom stereocenters. The molecule has 2 nitrogen and oxygen atoms in total. The number of nitrogens with zero attached hydrogens (tertiary/aromatic N) is 1. The smallest absolute Gasteiger partial charge is 0.248 e. The zero-order valence-electron chi connectivity index (χ0n) is 9.34. The van der Waals surface area contributed by atoms with Gasteiger partial charge in [-0.1, -0.05) is 6.07 Å². The Kier molecular flexibility index (Phi) is 2.70. The number of hydrogen-bond acceptors (Lipinski definition) is 2. The number of nitrogens with two attached hydrogens (primary N) is 1. The lowest BCUT2D eigenvalue weighted by Gasteiger charge is -2.37. The van der Waals surface area contributed by atoms with E-state index in [1.165, 1.54) is 0 Å². The summed E-state index contributed by atoms with van der Waals surface area (Å²) in [5, 5.41) is 0. The summed E-state index contributed by atoms with van der Waals surface area (Å²) >= 11 is 0. The van der Waals surface area contributed by atoms with Gasteiger partial charge in [0.1, 0.15) is 0 Å². The first-order valence-electron chi connectivity index (χ1n) is 5.52. The normalized spacial score (nSPS) is 23.0. The summed E-state index contributed by atoms with van der Waals surface area (Å²) in [4.78, 5) is 4.25. The van der Waals surface area contributed by atoms with Crippen molar-refractivity contribution in [1.29, 1.82) is 0 Å². The van der Waals surface area contributed by atoms with E-state index in [0.29, 0.717) is 12.8 Å². The molecule has 0 saturated heterocycles. The molecule has 1 aliphatic rings. The Hall–Kier alpha value is -1.03. The maximum atomic E-state index is 13.1. The summed E-state index contributed by atoms with van der Waals surface area (Å²) in [6.07, 6.45) is 2.00. The number of halogens is 2. The molecule has 1 heterocycles. The highest BCUT2D eigenvalue weighted by Gasteiger charge is 2.43. The maximum absolute atomic E-state index is 13.1. The first-order chi connectivity index (χ1) is 7.43. The molecule has 1 saturated carbocycles. The van der Waals surface area contributed by atoms with E-state index in [1.54, 1.807) is 6.20 Å². The van der Waals surface area contributed by atoms with Gasteiger partial charge in [0.05, 0.1) is 11.2 Å². The maximum Gasteiger partial charge on any atom is 0.248 e. The number of pyridine rings is 1. The number of hydrogen-bond donors (Lipinski definition) is 1.